The van der Waals surface area contributed by atoms with E-state index in [1.54, 1.807) is 25.1 Å². The third-order valence-electron chi connectivity index (χ3n) is 2.27. The smallest absolute Gasteiger partial charge is 0.267 e. The molecule has 0 radical (unpaired) electrons. The van der Waals surface area contributed by atoms with Crippen LogP contribution in [0.15, 0.2) is 30.0 Å². The Morgan fingerprint density at radius 1 is 1.65 bits per heavy atom. The fourth-order valence-electron chi connectivity index (χ4n) is 1.30. The highest BCUT2D eigenvalue weighted by Crippen LogP contribution is 2.24. The molecule has 0 bridgehead atoms. The highest BCUT2D eigenvalue weighted by Gasteiger charge is 2.11. The Kier molecular flexibility index (Phi) is 5.84. The van der Waals surface area contributed by atoms with Gasteiger partial charge in [0.2, 0.25) is 0 Å². The first-order valence-corrected chi connectivity index (χ1v) is 6.20. The molecule has 1 rings (SSSR count). The Morgan fingerprint density at radius 3 is 2.90 bits per heavy atom. The Balaban J connectivity index is 2.75. The maximum Gasteiger partial charge on any atom is 0.267 e. The molecule has 1 aromatic carbocycles. The number of nitrogens with one attached hydrogen (secondary N) is 2. The van der Waals surface area contributed by atoms with Crippen molar-refractivity contribution in [2.75, 3.05) is 17.6 Å². The van der Waals surface area contributed by atoms with E-state index in [0.29, 0.717) is 11.4 Å². The van der Waals surface area contributed by atoms with Crippen LogP contribution in [0.5, 0.6) is 0 Å². The number of anilines is 2. The summed E-state index contributed by atoms with van der Waals surface area (Å²) in [6.07, 6.45) is 0.661. The number of nitrogen functional groups attached to an aromatic ring is 1. The number of amides is 1. The molecule has 0 saturated heterocycles. The normalized spacial score (nSPS) is 12.4. The Hall–Kier alpha value is -2.23. The maximum atomic E-state index is 11.9. The second-order valence-corrected chi connectivity index (χ2v) is 4.53. The van der Waals surface area contributed by atoms with Crippen molar-refractivity contribution in [3.05, 3.63) is 35.0 Å². The van der Waals surface area contributed by atoms with E-state index in [1.807, 2.05) is 0 Å². The highest BCUT2D eigenvalue weighted by molar-refractivity contribution is 6.34. The minimum Gasteiger partial charge on any atom is -0.399 e. The lowest BCUT2D eigenvalue weighted by Crippen LogP contribution is -2.22. The zero-order chi connectivity index (χ0) is 15.1. The number of aliphatic hydroxyl groups excluding tert-OH is 1. The van der Waals surface area contributed by atoms with Gasteiger partial charge in [-0.05, 0) is 25.1 Å². The predicted octanol–water partition coefficient (Wildman–Crippen LogP) is 1.24. The number of hydrogen-bond acceptors (Lipinski definition) is 5. The van der Waals surface area contributed by atoms with Gasteiger partial charge in [0.25, 0.3) is 5.91 Å². The van der Waals surface area contributed by atoms with Crippen LogP contribution in [0.2, 0.25) is 5.02 Å². The number of nitrogens with two attached hydrogens (primary N) is 1. The van der Waals surface area contributed by atoms with Crippen molar-refractivity contribution >= 4 is 28.9 Å². The lowest BCUT2D eigenvalue weighted by atomic mass is 10.2. The molecule has 1 amide bonds. The van der Waals surface area contributed by atoms with E-state index in [9.17, 15) is 4.79 Å². The van der Waals surface area contributed by atoms with Crippen LogP contribution in [-0.2, 0) is 4.79 Å². The molecule has 0 saturated carbocycles. The summed E-state index contributed by atoms with van der Waals surface area (Å²) in [6.45, 7) is 1.82. The van der Waals surface area contributed by atoms with Crippen molar-refractivity contribution in [3.8, 4) is 6.07 Å². The van der Waals surface area contributed by atoms with Crippen molar-refractivity contribution in [1.82, 2.24) is 5.32 Å². The topological polar surface area (TPSA) is 111 Å². The number of aliphatic hydroxyl groups is 1. The van der Waals surface area contributed by atoms with Gasteiger partial charge in [-0.3, -0.25) is 4.79 Å². The third-order valence-corrected chi connectivity index (χ3v) is 2.58. The molecule has 20 heavy (non-hydrogen) atoms. The predicted molar refractivity (Wildman–Crippen MR) is 77.9 cm³/mol. The standard InChI is InChI=1S/C13H15ClN4O2/c1-8(19)6-17-7-9(5-15)13(20)18-12-3-2-10(16)4-11(12)14/h2-4,7-8,17,19H,6,16H2,1H3,(H,18,20)/b9-7-. The van der Waals surface area contributed by atoms with Gasteiger partial charge in [-0.25, -0.2) is 0 Å². The molecule has 1 unspecified atom stereocenters. The molecule has 0 fully saturated rings. The molecule has 106 valence electrons. The van der Waals surface area contributed by atoms with Gasteiger partial charge in [0, 0.05) is 18.4 Å². The summed E-state index contributed by atoms with van der Waals surface area (Å²) < 4.78 is 0. The van der Waals surface area contributed by atoms with Crippen LogP contribution < -0.4 is 16.4 Å². The quantitative estimate of drug-likeness (QED) is 0.371. The minimum absolute atomic E-state index is 0.126. The summed E-state index contributed by atoms with van der Waals surface area (Å²) in [4.78, 5) is 11.9. The number of hydrogen-bond donors (Lipinski definition) is 4. The number of carbonyl (C=O) groups is 1. The van der Waals surface area contributed by atoms with Crippen molar-refractivity contribution < 1.29 is 9.90 Å². The van der Waals surface area contributed by atoms with Gasteiger partial charge < -0.3 is 21.5 Å². The van der Waals surface area contributed by atoms with Crippen LogP contribution in [-0.4, -0.2) is 23.7 Å². The molecular weight excluding hydrogens is 280 g/mol. The molecule has 0 aliphatic carbocycles. The summed E-state index contributed by atoms with van der Waals surface area (Å²) in [6, 6.07) is 6.40. The van der Waals surface area contributed by atoms with Crippen LogP contribution in [0.3, 0.4) is 0 Å². The first-order valence-electron chi connectivity index (χ1n) is 5.82. The second-order valence-electron chi connectivity index (χ2n) is 4.12. The molecule has 0 heterocycles. The summed E-state index contributed by atoms with van der Waals surface area (Å²) >= 11 is 5.92. The average molecular weight is 295 g/mol. The molecule has 0 aliphatic rings. The van der Waals surface area contributed by atoms with E-state index < -0.39 is 12.0 Å². The molecule has 0 aromatic heterocycles. The van der Waals surface area contributed by atoms with Crippen molar-refractivity contribution in [1.29, 1.82) is 5.26 Å². The van der Waals surface area contributed by atoms with Crippen LogP contribution >= 0.6 is 11.6 Å². The Morgan fingerprint density at radius 2 is 2.35 bits per heavy atom. The fraction of sp³-hybridized carbons (Fsp3) is 0.231. The first kappa shape index (κ1) is 15.8. The number of benzene rings is 1. The summed E-state index contributed by atoms with van der Waals surface area (Å²) in [5.41, 5.74) is 6.26. The minimum atomic E-state index is -0.600. The van der Waals surface area contributed by atoms with Crippen molar-refractivity contribution in [2.24, 2.45) is 0 Å². The van der Waals surface area contributed by atoms with Gasteiger partial charge in [-0.2, -0.15) is 5.26 Å². The molecule has 7 heteroatoms. The fourth-order valence-corrected chi connectivity index (χ4v) is 1.54. The molecule has 0 aliphatic heterocycles. The summed E-state index contributed by atoms with van der Waals surface area (Å²) in [7, 11) is 0. The van der Waals surface area contributed by atoms with Crippen molar-refractivity contribution in [2.45, 2.75) is 13.0 Å². The van der Waals surface area contributed by atoms with E-state index in [4.69, 9.17) is 27.7 Å². The van der Waals surface area contributed by atoms with Gasteiger partial charge in [0.1, 0.15) is 11.6 Å². The second kappa shape index (κ2) is 7.38. The number of rotatable bonds is 5. The van der Waals surface area contributed by atoms with Crippen LogP contribution in [0.25, 0.3) is 0 Å². The van der Waals surface area contributed by atoms with E-state index in [-0.39, 0.29) is 17.1 Å². The third kappa shape index (κ3) is 4.80. The molecule has 5 N–H and O–H groups in total. The zero-order valence-electron chi connectivity index (χ0n) is 10.9. The molecular formula is C13H15ClN4O2. The van der Waals surface area contributed by atoms with Crippen LogP contribution in [0.4, 0.5) is 11.4 Å². The first-order chi connectivity index (χ1) is 9.43. The maximum absolute atomic E-state index is 11.9. The van der Waals surface area contributed by atoms with E-state index in [0.717, 1.165) is 0 Å². The number of nitrogens with zero attached hydrogens (tertiary/aromatic N) is 1. The Bertz CT molecular complexity index is 564. The largest absolute Gasteiger partial charge is 0.399 e. The number of halogens is 1. The molecule has 6 nitrogen and oxygen atoms in total. The van der Waals surface area contributed by atoms with Gasteiger partial charge in [0.05, 0.1) is 16.8 Å². The summed E-state index contributed by atoms with van der Waals surface area (Å²) in [5, 5.41) is 23.5. The lowest BCUT2D eigenvalue weighted by molar-refractivity contribution is -0.112. The van der Waals surface area contributed by atoms with Gasteiger partial charge in [0.15, 0.2) is 0 Å². The van der Waals surface area contributed by atoms with Crippen LogP contribution in [0, 0.1) is 11.3 Å². The Labute approximate surface area is 121 Å². The van der Waals surface area contributed by atoms with E-state index in [2.05, 4.69) is 10.6 Å². The molecule has 1 atom stereocenters. The highest BCUT2D eigenvalue weighted by atomic mass is 35.5. The molecule has 1 aromatic rings. The van der Waals surface area contributed by atoms with Gasteiger partial charge >= 0.3 is 0 Å². The SMILES string of the molecule is CC(O)CN/C=C(/C#N)C(=O)Nc1ccc(N)cc1Cl. The van der Waals surface area contributed by atoms with Gasteiger partial charge in [-0.1, -0.05) is 11.6 Å². The number of carbonyl (C=O) groups excluding carboxylic acids is 1. The monoisotopic (exact) mass is 294 g/mol. The van der Waals surface area contributed by atoms with Crippen molar-refractivity contribution in [3.63, 3.8) is 0 Å². The molecule has 0 spiro atoms. The van der Waals surface area contributed by atoms with Crippen LogP contribution in [0.1, 0.15) is 6.92 Å². The lowest BCUT2D eigenvalue weighted by Gasteiger charge is -2.08. The van der Waals surface area contributed by atoms with Gasteiger partial charge in [-0.15, -0.1) is 0 Å². The zero-order valence-corrected chi connectivity index (χ0v) is 11.6. The number of nitriles is 1. The van der Waals surface area contributed by atoms with E-state index in [1.165, 1.54) is 12.3 Å². The average Bonchev–Trinajstić information content (AvgIpc) is 2.37. The van der Waals surface area contributed by atoms with E-state index >= 15 is 0 Å². The summed E-state index contributed by atoms with van der Waals surface area (Å²) in [5.74, 6) is -0.600.